The molecule has 0 aliphatic carbocycles. The van der Waals surface area contributed by atoms with Gasteiger partial charge in [-0.1, -0.05) is 18.1 Å². The van der Waals surface area contributed by atoms with Crippen LogP contribution in [0.4, 0.5) is 8.78 Å². The van der Waals surface area contributed by atoms with E-state index in [9.17, 15) is 13.6 Å². The van der Waals surface area contributed by atoms with Crippen molar-refractivity contribution in [2.75, 3.05) is 0 Å². The van der Waals surface area contributed by atoms with Crippen molar-refractivity contribution in [3.05, 3.63) is 35.4 Å². The predicted octanol–water partition coefficient (Wildman–Crippen LogP) is 2.10. The number of benzene rings is 1. The van der Waals surface area contributed by atoms with Crippen LogP contribution in [-0.4, -0.2) is 5.78 Å². The van der Waals surface area contributed by atoms with Crippen LogP contribution in [0.5, 0.6) is 0 Å². The summed E-state index contributed by atoms with van der Waals surface area (Å²) in [5.74, 6) is -0.0607. The Morgan fingerprint density at radius 1 is 1.43 bits per heavy atom. The lowest BCUT2D eigenvalue weighted by molar-refractivity contribution is -0.117. The number of terminal acetylenes is 1. The summed E-state index contributed by atoms with van der Waals surface area (Å²) in [6, 6.07) is 3.73. The second-order valence-electron chi connectivity index (χ2n) is 2.81. The molecule has 1 aromatic carbocycles. The number of ketones is 1. The van der Waals surface area contributed by atoms with Crippen LogP contribution in [0.1, 0.15) is 12.0 Å². The molecule has 1 nitrogen and oxygen atoms in total. The van der Waals surface area contributed by atoms with E-state index in [1.165, 1.54) is 12.1 Å². The Morgan fingerprint density at radius 3 is 2.79 bits per heavy atom. The van der Waals surface area contributed by atoms with Crippen molar-refractivity contribution in [2.24, 2.45) is 0 Å². The van der Waals surface area contributed by atoms with Crippen LogP contribution in [-0.2, 0) is 11.2 Å². The molecule has 72 valence electrons. The number of hydrogen-bond acceptors (Lipinski definition) is 1. The largest absolute Gasteiger partial charge is 0.298 e. The lowest BCUT2D eigenvalue weighted by Crippen LogP contribution is -2.04. The van der Waals surface area contributed by atoms with Gasteiger partial charge in [0.25, 0.3) is 0 Å². The molecule has 0 amide bonds. The van der Waals surface area contributed by atoms with Crippen LogP contribution in [0.15, 0.2) is 18.2 Å². The third-order valence-corrected chi connectivity index (χ3v) is 1.72. The molecule has 0 unspecified atom stereocenters. The van der Waals surface area contributed by atoms with E-state index >= 15 is 0 Å². The van der Waals surface area contributed by atoms with Crippen molar-refractivity contribution in [3.8, 4) is 12.3 Å². The summed E-state index contributed by atoms with van der Waals surface area (Å²) in [5, 5.41) is 0. The molecule has 0 aliphatic heterocycles. The van der Waals surface area contributed by atoms with Crippen LogP contribution in [0.3, 0.4) is 0 Å². The van der Waals surface area contributed by atoms with Gasteiger partial charge in [0, 0.05) is 6.42 Å². The topological polar surface area (TPSA) is 17.1 Å². The molecule has 1 rings (SSSR count). The second kappa shape index (κ2) is 4.52. The number of carbonyl (C=O) groups is 1. The van der Waals surface area contributed by atoms with Crippen LogP contribution < -0.4 is 0 Å². The fraction of sp³-hybridized carbons (Fsp3) is 0.182. The zero-order valence-electron chi connectivity index (χ0n) is 7.39. The Balaban J connectivity index is 2.83. The maximum atomic E-state index is 13.0. The highest BCUT2D eigenvalue weighted by Crippen LogP contribution is 2.12. The SMILES string of the molecule is C#CCC(=O)Cc1cccc(F)c1F. The van der Waals surface area contributed by atoms with E-state index in [4.69, 9.17) is 6.42 Å². The van der Waals surface area contributed by atoms with Gasteiger partial charge in [0.05, 0.1) is 6.42 Å². The van der Waals surface area contributed by atoms with E-state index in [0.29, 0.717) is 0 Å². The molecule has 0 spiro atoms. The molecule has 0 aromatic heterocycles. The molecule has 0 fully saturated rings. The highest BCUT2D eigenvalue weighted by atomic mass is 19.2. The summed E-state index contributed by atoms with van der Waals surface area (Å²) in [7, 11) is 0. The molecule has 3 heteroatoms. The fourth-order valence-corrected chi connectivity index (χ4v) is 1.07. The summed E-state index contributed by atoms with van der Waals surface area (Å²) < 4.78 is 25.7. The van der Waals surface area contributed by atoms with Crippen molar-refractivity contribution in [2.45, 2.75) is 12.8 Å². The summed E-state index contributed by atoms with van der Waals surface area (Å²) in [6.07, 6.45) is 4.69. The van der Waals surface area contributed by atoms with Crippen molar-refractivity contribution in [3.63, 3.8) is 0 Å². The smallest absolute Gasteiger partial charge is 0.162 e. The summed E-state index contributed by atoms with van der Waals surface area (Å²) >= 11 is 0. The van der Waals surface area contributed by atoms with Gasteiger partial charge in [0.1, 0.15) is 5.78 Å². The average Bonchev–Trinajstić information content (AvgIpc) is 2.13. The zero-order chi connectivity index (χ0) is 10.6. The van der Waals surface area contributed by atoms with Gasteiger partial charge >= 0.3 is 0 Å². The van der Waals surface area contributed by atoms with Crippen molar-refractivity contribution < 1.29 is 13.6 Å². The minimum Gasteiger partial charge on any atom is -0.298 e. The van der Waals surface area contributed by atoms with Crippen LogP contribution >= 0.6 is 0 Å². The Hall–Kier alpha value is -1.69. The molecule has 0 N–H and O–H groups in total. The third-order valence-electron chi connectivity index (χ3n) is 1.72. The van der Waals surface area contributed by atoms with E-state index in [1.54, 1.807) is 0 Å². The van der Waals surface area contributed by atoms with E-state index in [0.717, 1.165) is 6.07 Å². The average molecular weight is 194 g/mol. The minimum absolute atomic E-state index is 0.0465. The number of rotatable bonds is 3. The Labute approximate surface area is 80.7 Å². The Morgan fingerprint density at radius 2 is 2.14 bits per heavy atom. The number of carbonyl (C=O) groups excluding carboxylic acids is 1. The first kappa shape index (κ1) is 10.4. The fourth-order valence-electron chi connectivity index (χ4n) is 1.07. The monoisotopic (exact) mass is 194 g/mol. The molecule has 0 atom stereocenters. The van der Waals surface area contributed by atoms with Crippen molar-refractivity contribution in [1.82, 2.24) is 0 Å². The molecule has 14 heavy (non-hydrogen) atoms. The molecule has 0 saturated heterocycles. The lowest BCUT2D eigenvalue weighted by atomic mass is 10.1. The molecule has 0 bridgehead atoms. The maximum absolute atomic E-state index is 13.0. The zero-order valence-corrected chi connectivity index (χ0v) is 7.39. The van der Waals surface area contributed by atoms with Gasteiger partial charge in [-0.05, 0) is 11.6 Å². The normalized spacial score (nSPS) is 9.50. The summed E-state index contributed by atoms with van der Waals surface area (Å²) in [6.45, 7) is 0. The minimum atomic E-state index is -0.974. The number of Topliss-reactive ketones (excluding diaryl/α,β-unsaturated/α-hetero) is 1. The van der Waals surface area contributed by atoms with Crippen LogP contribution in [0.2, 0.25) is 0 Å². The molecule has 0 aliphatic rings. The van der Waals surface area contributed by atoms with Gasteiger partial charge < -0.3 is 0 Å². The van der Waals surface area contributed by atoms with E-state index in [-0.39, 0.29) is 24.2 Å². The predicted molar refractivity (Wildman–Crippen MR) is 48.5 cm³/mol. The molecule has 0 heterocycles. The quantitative estimate of drug-likeness (QED) is 0.673. The van der Waals surface area contributed by atoms with Gasteiger partial charge in [0.2, 0.25) is 0 Å². The molecule has 0 radical (unpaired) electrons. The maximum Gasteiger partial charge on any atom is 0.162 e. The first-order valence-electron chi connectivity index (χ1n) is 4.03. The first-order valence-corrected chi connectivity index (χ1v) is 4.03. The highest BCUT2D eigenvalue weighted by molar-refractivity contribution is 5.82. The van der Waals surface area contributed by atoms with Crippen molar-refractivity contribution >= 4 is 5.78 Å². The third kappa shape index (κ3) is 2.40. The van der Waals surface area contributed by atoms with E-state index in [1.807, 2.05) is 0 Å². The molecular weight excluding hydrogens is 186 g/mol. The molecular formula is C11H8F2O. The second-order valence-corrected chi connectivity index (χ2v) is 2.81. The van der Waals surface area contributed by atoms with Gasteiger partial charge in [0.15, 0.2) is 11.6 Å². The van der Waals surface area contributed by atoms with Crippen LogP contribution in [0, 0.1) is 24.0 Å². The molecule has 0 saturated carbocycles. The van der Waals surface area contributed by atoms with Crippen molar-refractivity contribution in [1.29, 1.82) is 0 Å². The number of hydrogen-bond donors (Lipinski definition) is 0. The van der Waals surface area contributed by atoms with Gasteiger partial charge in [-0.2, -0.15) is 0 Å². The highest BCUT2D eigenvalue weighted by Gasteiger charge is 2.10. The summed E-state index contributed by atoms with van der Waals surface area (Å²) in [5.41, 5.74) is 0.0465. The van der Waals surface area contributed by atoms with Gasteiger partial charge in [-0.3, -0.25) is 4.79 Å². The number of halogens is 2. The first-order chi connectivity index (χ1) is 6.65. The van der Waals surface area contributed by atoms with E-state index < -0.39 is 11.6 Å². The standard InChI is InChI=1S/C11H8F2O/c1-2-4-9(14)7-8-5-3-6-10(12)11(8)13/h1,3,5-6H,4,7H2. The van der Waals surface area contributed by atoms with E-state index in [2.05, 4.69) is 5.92 Å². The van der Waals surface area contributed by atoms with Gasteiger partial charge in [-0.25, -0.2) is 8.78 Å². The van der Waals surface area contributed by atoms with Crippen LogP contribution in [0.25, 0.3) is 0 Å². The Bertz CT molecular complexity index is 391. The summed E-state index contributed by atoms with van der Waals surface area (Å²) in [4.78, 5) is 11.0. The Kier molecular flexibility index (Phi) is 3.35. The lowest BCUT2D eigenvalue weighted by Gasteiger charge is -2.01. The van der Waals surface area contributed by atoms with Gasteiger partial charge in [-0.15, -0.1) is 6.42 Å². The molecule has 1 aromatic rings.